The maximum Gasteiger partial charge on any atom is 0.311 e. The van der Waals surface area contributed by atoms with Crippen molar-refractivity contribution in [3.8, 4) is 0 Å². The summed E-state index contributed by atoms with van der Waals surface area (Å²) in [6.07, 6.45) is 3.13. The minimum Gasteiger partial charge on any atom is -0.469 e. The molecule has 0 aliphatic heterocycles. The summed E-state index contributed by atoms with van der Waals surface area (Å²) in [6, 6.07) is 1.64. The van der Waals surface area contributed by atoms with E-state index in [9.17, 15) is 9.59 Å². The van der Waals surface area contributed by atoms with E-state index in [1.165, 1.54) is 7.11 Å². The largest absolute Gasteiger partial charge is 0.469 e. The second-order valence-corrected chi connectivity index (χ2v) is 6.18. The Kier molecular flexibility index (Phi) is 3.47. The van der Waals surface area contributed by atoms with Crippen LogP contribution in [0, 0.1) is 24.7 Å². The minimum absolute atomic E-state index is 0.119. The molecule has 2 bridgehead atoms. The summed E-state index contributed by atoms with van der Waals surface area (Å²) in [5.41, 5.74) is 1.33. The number of rotatable bonds is 3. The Morgan fingerprint density at radius 1 is 1.38 bits per heavy atom. The second kappa shape index (κ2) is 5.16. The number of hydrogen-bond donors (Lipinski definition) is 1. The molecule has 3 rings (SSSR count). The predicted molar refractivity (Wildman–Crippen MR) is 75.5 cm³/mol. The Balaban J connectivity index is 1.76. The highest BCUT2D eigenvalue weighted by Gasteiger charge is 2.52. The Labute approximate surface area is 123 Å². The first kappa shape index (κ1) is 14.1. The van der Waals surface area contributed by atoms with E-state index in [1.807, 2.05) is 6.92 Å². The average molecular weight is 291 g/mol. The number of carbonyl (C=O) groups excluding carboxylic acids is 2. The van der Waals surface area contributed by atoms with E-state index in [4.69, 9.17) is 4.74 Å². The highest BCUT2D eigenvalue weighted by Crippen LogP contribution is 2.48. The van der Waals surface area contributed by atoms with Crippen LogP contribution in [0.5, 0.6) is 0 Å². The van der Waals surface area contributed by atoms with Crippen LogP contribution < -0.4 is 5.32 Å². The van der Waals surface area contributed by atoms with Crippen LogP contribution in [0.15, 0.2) is 6.07 Å². The van der Waals surface area contributed by atoms with Crippen molar-refractivity contribution >= 4 is 11.9 Å². The lowest BCUT2D eigenvalue weighted by molar-refractivity contribution is -0.148. The number of nitrogens with one attached hydrogen (secondary N) is 1. The normalized spacial score (nSPS) is 30.4. The molecule has 2 aliphatic carbocycles. The van der Waals surface area contributed by atoms with Gasteiger partial charge in [-0.1, -0.05) is 0 Å². The number of ether oxygens (including phenoxy) is 1. The van der Waals surface area contributed by atoms with Crippen molar-refractivity contribution in [3.05, 3.63) is 17.5 Å². The molecule has 1 aromatic heterocycles. The molecule has 1 heterocycles. The zero-order valence-corrected chi connectivity index (χ0v) is 12.6. The number of aryl methyl sites for hydroxylation is 2. The molecular weight excluding hydrogens is 270 g/mol. The van der Waals surface area contributed by atoms with Crippen LogP contribution in [-0.4, -0.2) is 34.8 Å². The molecule has 0 spiro atoms. The first-order chi connectivity index (χ1) is 10.0. The fourth-order valence-electron chi connectivity index (χ4n) is 3.87. The Hall–Kier alpha value is -1.85. The molecule has 0 unspecified atom stereocenters. The summed E-state index contributed by atoms with van der Waals surface area (Å²) < 4.78 is 6.59. The topological polar surface area (TPSA) is 73.2 Å². The fraction of sp³-hybridized carbons (Fsp3) is 0.667. The van der Waals surface area contributed by atoms with Gasteiger partial charge in [0.15, 0.2) is 0 Å². The van der Waals surface area contributed by atoms with E-state index in [2.05, 4.69) is 10.4 Å². The number of carbonyl (C=O) groups is 2. The zero-order valence-electron chi connectivity index (χ0n) is 12.6. The summed E-state index contributed by atoms with van der Waals surface area (Å²) in [6.45, 7) is 1.90. The van der Waals surface area contributed by atoms with Gasteiger partial charge in [0.25, 0.3) is 5.91 Å². The summed E-state index contributed by atoms with van der Waals surface area (Å²) >= 11 is 0. The van der Waals surface area contributed by atoms with Crippen LogP contribution in [0.4, 0.5) is 0 Å². The molecule has 0 radical (unpaired) electrons. The van der Waals surface area contributed by atoms with Gasteiger partial charge in [-0.25, -0.2) is 0 Å². The van der Waals surface area contributed by atoms with Gasteiger partial charge in [-0.2, -0.15) is 5.10 Å². The van der Waals surface area contributed by atoms with E-state index < -0.39 is 0 Å². The molecule has 2 aliphatic rings. The van der Waals surface area contributed by atoms with Crippen LogP contribution >= 0.6 is 0 Å². The fourth-order valence-corrected chi connectivity index (χ4v) is 3.87. The standard InChI is InChI=1S/C15H21N3O3/c1-8-6-11(17-18(8)2)14(19)16-13-10-5-4-9(7-10)12(13)15(20)21-3/h6,9-10,12-13H,4-5,7H2,1-3H3,(H,16,19)/t9-,10-,12+,13+/m0/s1. The maximum absolute atomic E-state index is 12.4. The van der Waals surface area contributed by atoms with E-state index >= 15 is 0 Å². The molecule has 4 atom stereocenters. The van der Waals surface area contributed by atoms with E-state index in [0.717, 1.165) is 25.0 Å². The van der Waals surface area contributed by atoms with Crippen molar-refractivity contribution in [1.29, 1.82) is 0 Å². The number of methoxy groups -OCH3 is 1. The average Bonchev–Trinajstić information content (AvgIpc) is 3.14. The molecule has 6 nitrogen and oxygen atoms in total. The summed E-state index contributed by atoms with van der Waals surface area (Å²) in [7, 11) is 3.22. The van der Waals surface area contributed by atoms with Crippen LogP contribution in [0.2, 0.25) is 0 Å². The lowest BCUT2D eigenvalue weighted by Gasteiger charge is -2.29. The molecule has 1 amide bonds. The van der Waals surface area contributed by atoms with Crippen LogP contribution in [-0.2, 0) is 16.6 Å². The third-order valence-corrected chi connectivity index (χ3v) is 5.03. The third kappa shape index (κ3) is 2.32. The van der Waals surface area contributed by atoms with E-state index in [0.29, 0.717) is 17.5 Å². The second-order valence-electron chi connectivity index (χ2n) is 6.18. The van der Waals surface area contributed by atoms with Gasteiger partial charge in [0, 0.05) is 18.8 Å². The predicted octanol–water partition coefficient (Wildman–Crippen LogP) is 1.05. The first-order valence-corrected chi connectivity index (χ1v) is 7.40. The number of amides is 1. The molecule has 1 N–H and O–H groups in total. The molecule has 1 aromatic rings. The number of aromatic nitrogens is 2. The SMILES string of the molecule is COC(=O)[C@@H]1[C@H]2CC[C@@H](C2)[C@H]1NC(=O)c1cc(C)n(C)n1. The van der Waals surface area contributed by atoms with Gasteiger partial charge in [0.1, 0.15) is 5.69 Å². The van der Waals surface area contributed by atoms with Crippen molar-refractivity contribution < 1.29 is 14.3 Å². The number of fused-ring (bicyclic) bond motifs is 2. The van der Waals surface area contributed by atoms with Crippen LogP contribution in [0.25, 0.3) is 0 Å². The number of hydrogen-bond acceptors (Lipinski definition) is 4. The number of nitrogens with zero attached hydrogens (tertiary/aromatic N) is 2. The molecule has 0 aromatic carbocycles. The Morgan fingerprint density at radius 2 is 2.10 bits per heavy atom. The lowest BCUT2D eigenvalue weighted by Crippen LogP contribution is -2.47. The molecule has 21 heavy (non-hydrogen) atoms. The molecule has 6 heteroatoms. The van der Waals surface area contributed by atoms with Gasteiger partial charge in [-0.05, 0) is 44.1 Å². The highest BCUT2D eigenvalue weighted by molar-refractivity contribution is 5.93. The van der Waals surface area contributed by atoms with Crippen LogP contribution in [0.1, 0.15) is 35.4 Å². The number of esters is 1. The zero-order chi connectivity index (χ0) is 15.1. The molecule has 0 saturated heterocycles. The van der Waals surface area contributed by atoms with Gasteiger partial charge in [-0.3, -0.25) is 14.3 Å². The smallest absolute Gasteiger partial charge is 0.311 e. The van der Waals surface area contributed by atoms with Crippen molar-refractivity contribution in [2.24, 2.45) is 24.8 Å². The maximum atomic E-state index is 12.4. The van der Waals surface area contributed by atoms with Crippen molar-refractivity contribution in [2.75, 3.05) is 7.11 Å². The van der Waals surface area contributed by atoms with Gasteiger partial charge < -0.3 is 10.1 Å². The quantitative estimate of drug-likeness (QED) is 0.845. The Bertz CT molecular complexity index is 561. The third-order valence-electron chi connectivity index (χ3n) is 5.03. The summed E-state index contributed by atoms with van der Waals surface area (Å²) in [5.74, 6) is 0.114. The van der Waals surface area contributed by atoms with Crippen LogP contribution in [0.3, 0.4) is 0 Å². The molecule has 114 valence electrons. The lowest BCUT2D eigenvalue weighted by atomic mass is 9.84. The van der Waals surface area contributed by atoms with Gasteiger partial charge >= 0.3 is 5.97 Å². The summed E-state index contributed by atoms with van der Waals surface area (Å²) in [5, 5.41) is 7.21. The Morgan fingerprint density at radius 3 is 2.71 bits per heavy atom. The van der Waals surface area contributed by atoms with E-state index in [1.54, 1.807) is 17.8 Å². The van der Waals surface area contributed by atoms with Gasteiger partial charge in [0.05, 0.1) is 13.0 Å². The molecular formula is C15H21N3O3. The molecule has 2 fully saturated rings. The van der Waals surface area contributed by atoms with Crippen molar-refractivity contribution in [2.45, 2.75) is 32.2 Å². The summed E-state index contributed by atoms with van der Waals surface area (Å²) in [4.78, 5) is 24.4. The van der Waals surface area contributed by atoms with E-state index in [-0.39, 0.29) is 23.8 Å². The first-order valence-electron chi connectivity index (χ1n) is 7.40. The minimum atomic E-state index is -0.206. The molecule has 2 saturated carbocycles. The van der Waals surface area contributed by atoms with Gasteiger partial charge in [-0.15, -0.1) is 0 Å². The highest BCUT2D eigenvalue weighted by atomic mass is 16.5. The monoisotopic (exact) mass is 291 g/mol. The van der Waals surface area contributed by atoms with Crippen molar-refractivity contribution in [3.63, 3.8) is 0 Å². The van der Waals surface area contributed by atoms with Crippen molar-refractivity contribution in [1.82, 2.24) is 15.1 Å². The van der Waals surface area contributed by atoms with Gasteiger partial charge in [0.2, 0.25) is 0 Å².